The van der Waals surface area contributed by atoms with Crippen molar-refractivity contribution >= 4 is 5.97 Å². The van der Waals surface area contributed by atoms with Gasteiger partial charge >= 0.3 is 5.97 Å². The van der Waals surface area contributed by atoms with Gasteiger partial charge in [-0.3, -0.25) is 4.79 Å². The fraction of sp³-hybridized carbons (Fsp3) is 0.500. The molecule has 0 aromatic heterocycles. The van der Waals surface area contributed by atoms with E-state index in [1.807, 2.05) is 19.9 Å². The third kappa shape index (κ3) is 3.74. The molecule has 0 aliphatic carbocycles. The fourth-order valence-electron chi connectivity index (χ4n) is 1.91. The minimum absolute atomic E-state index is 0.319. The van der Waals surface area contributed by atoms with Crippen LogP contribution in [0.25, 0.3) is 0 Å². The average molecular weight is 251 g/mol. The molecular formula is C14H21NO3. The molecule has 0 bridgehead atoms. The Labute approximate surface area is 108 Å². The van der Waals surface area contributed by atoms with Crippen molar-refractivity contribution in [3.8, 4) is 5.75 Å². The number of nitrogens with two attached hydrogens (primary N) is 1. The zero-order valence-corrected chi connectivity index (χ0v) is 11.4. The molecule has 0 spiro atoms. The molecule has 100 valence electrons. The summed E-state index contributed by atoms with van der Waals surface area (Å²) in [4.78, 5) is 11.2. The first kappa shape index (κ1) is 14.5. The average Bonchev–Trinajstić information content (AvgIpc) is 2.28. The van der Waals surface area contributed by atoms with Crippen molar-refractivity contribution in [2.24, 2.45) is 5.73 Å². The maximum Gasteiger partial charge on any atom is 0.322 e. The van der Waals surface area contributed by atoms with Crippen molar-refractivity contribution in [1.29, 1.82) is 0 Å². The van der Waals surface area contributed by atoms with Gasteiger partial charge in [0.1, 0.15) is 11.8 Å². The molecule has 0 fully saturated rings. The van der Waals surface area contributed by atoms with E-state index in [2.05, 4.69) is 6.07 Å². The Morgan fingerprint density at radius 2 is 2.06 bits per heavy atom. The molecule has 18 heavy (non-hydrogen) atoms. The fourth-order valence-corrected chi connectivity index (χ4v) is 1.91. The van der Waals surface area contributed by atoms with E-state index in [0.717, 1.165) is 16.9 Å². The molecule has 1 aromatic rings. The second-order valence-corrected chi connectivity index (χ2v) is 4.48. The number of hydrogen-bond donors (Lipinski definition) is 1. The van der Waals surface area contributed by atoms with Crippen LogP contribution in [0.4, 0.5) is 0 Å². The summed E-state index contributed by atoms with van der Waals surface area (Å²) >= 11 is 0. The lowest BCUT2D eigenvalue weighted by Gasteiger charge is -2.13. The van der Waals surface area contributed by atoms with E-state index in [0.29, 0.717) is 13.0 Å². The monoisotopic (exact) mass is 251 g/mol. The summed E-state index contributed by atoms with van der Waals surface area (Å²) in [6.45, 7) is 5.96. The first-order valence-electron chi connectivity index (χ1n) is 6.02. The van der Waals surface area contributed by atoms with E-state index in [9.17, 15) is 4.79 Å². The van der Waals surface area contributed by atoms with E-state index in [1.54, 1.807) is 14.0 Å². The summed E-state index contributed by atoms with van der Waals surface area (Å²) in [5.41, 5.74) is 8.73. The number of aryl methyl sites for hydroxylation is 2. The zero-order valence-electron chi connectivity index (χ0n) is 11.4. The molecule has 0 radical (unpaired) electrons. The van der Waals surface area contributed by atoms with Crippen LogP contribution in [0.15, 0.2) is 12.1 Å². The zero-order chi connectivity index (χ0) is 13.7. The van der Waals surface area contributed by atoms with Gasteiger partial charge in [-0.1, -0.05) is 17.7 Å². The molecule has 0 aliphatic rings. The van der Waals surface area contributed by atoms with Crippen molar-refractivity contribution in [3.63, 3.8) is 0 Å². The molecule has 1 atom stereocenters. The molecule has 0 heterocycles. The standard InChI is InChI=1S/C14H21NO3/c1-9-7-10(2)13(17-4)12(8-9)5-6-18-14(16)11(3)15/h7-8,11H,5-6,15H2,1-4H3. The van der Waals surface area contributed by atoms with Gasteiger partial charge < -0.3 is 15.2 Å². The van der Waals surface area contributed by atoms with Crippen molar-refractivity contribution < 1.29 is 14.3 Å². The van der Waals surface area contributed by atoms with Crippen LogP contribution in [0.3, 0.4) is 0 Å². The van der Waals surface area contributed by atoms with E-state index < -0.39 is 6.04 Å². The summed E-state index contributed by atoms with van der Waals surface area (Å²) in [7, 11) is 1.65. The van der Waals surface area contributed by atoms with Crippen LogP contribution in [-0.4, -0.2) is 25.7 Å². The predicted octanol–water partition coefficient (Wildman–Crippen LogP) is 1.74. The Kier molecular flexibility index (Phi) is 5.16. The number of esters is 1. The van der Waals surface area contributed by atoms with E-state index in [-0.39, 0.29) is 5.97 Å². The lowest BCUT2D eigenvalue weighted by Crippen LogP contribution is -2.29. The van der Waals surface area contributed by atoms with Crippen molar-refractivity contribution in [3.05, 3.63) is 28.8 Å². The molecule has 1 rings (SSSR count). The maximum atomic E-state index is 11.2. The van der Waals surface area contributed by atoms with Crippen LogP contribution in [0.1, 0.15) is 23.6 Å². The van der Waals surface area contributed by atoms with Gasteiger partial charge in [-0.05, 0) is 31.9 Å². The number of carbonyl (C=O) groups is 1. The van der Waals surface area contributed by atoms with Gasteiger partial charge in [0.15, 0.2) is 0 Å². The van der Waals surface area contributed by atoms with Gasteiger partial charge in [0.2, 0.25) is 0 Å². The molecule has 0 amide bonds. The predicted molar refractivity (Wildman–Crippen MR) is 70.8 cm³/mol. The second-order valence-electron chi connectivity index (χ2n) is 4.48. The van der Waals surface area contributed by atoms with Crippen molar-refractivity contribution in [1.82, 2.24) is 0 Å². The van der Waals surface area contributed by atoms with Gasteiger partial charge in [0.05, 0.1) is 13.7 Å². The van der Waals surface area contributed by atoms with Crippen LogP contribution in [0, 0.1) is 13.8 Å². The Morgan fingerprint density at radius 3 is 2.61 bits per heavy atom. The summed E-state index contributed by atoms with van der Waals surface area (Å²) in [6, 6.07) is 3.54. The van der Waals surface area contributed by atoms with Crippen LogP contribution in [0.5, 0.6) is 5.75 Å². The van der Waals surface area contributed by atoms with Crippen LogP contribution in [-0.2, 0) is 16.0 Å². The smallest absolute Gasteiger partial charge is 0.322 e. The molecule has 0 saturated heterocycles. The number of benzene rings is 1. The van der Waals surface area contributed by atoms with Crippen molar-refractivity contribution in [2.75, 3.05) is 13.7 Å². The van der Waals surface area contributed by atoms with Gasteiger partial charge in [-0.2, -0.15) is 0 Å². The highest BCUT2D eigenvalue weighted by molar-refractivity contribution is 5.74. The normalized spacial score (nSPS) is 12.1. The van der Waals surface area contributed by atoms with Gasteiger partial charge in [0, 0.05) is 6.42 Å². The maximum absolute atomic E-state index is 11.2. The topological polar surface area (TPSA) is 61.5 Å². The molecule has 2 N–H and O–H groups in total. The summed E-state index contributed by atoms with van der Waals surface area (Å²) in [5.74, 6) is 0.482. The second kappa shape index (κ2) is 6.40. The van der Waals surface area contributed by atoms with Crippen LogP contribution < -0.4 is 10.5 Å². The Hall–Kier alpha value is -1.55. The summed E-state index contributed by atoms with van der Waals surface area (Å²) in [5, 5.41) is 0. The lowest BCUT2D eigenvalue weighted by atomic mass is 10.0. The summed E-state index contributed by atoms with van der Waals surface area (Å²) in [6.07, 6.45) is 0.629. The SMILES string of the molecule is COc1c(C)cc(C)cc1CCOC(=O)C(C)N. The van der Waals surface area contributed by atoms with E-state index in [1.165, 1.54) is 5.56 Å². The highest BCUT2D eigenvalue weighted by Gasteiger charge is 2.11. The molecule has 1 unspecified atom stereocenters. The minimum Gasteiger partial charge on any atom is -0.496 e. The number of methoxy groups -OCH3 is 1. The van der Waals surface area contributed by atoms with Crippen molar-refractivity contribution in [2.45, 2.75) is 33.2 Å². The highest BCUT2D eigenvalue weighted by Crippen LogP contribution is 2.25. The third-order valence-electron chi connectivity index (χ3n) is 2.69. The number of ether oxygens (including phenoxy) is 2. The Balaban J connectivity index is 2.70. The molecule has 4 nitrogen and oxygen atoms in total. The lowest BCUT2D eigenvalue weighted by molar-refractivity contribution is -0.144. The summed E-state index contributed by atoms with van der Waals surface area (Å²) < 4.78 is 10.4. The van der Waals surface area contributed by atoms with Crippen LogP contribution >= 0.6 is 0 Å². The molecule has 0 aliphatic heterocycles. The number of rotatable bonds is 5. The van der Waals surface area contributed by atoms with Gasteiger partial charge in [-0.15, -0.1) is 0 Å². The highest BCUT2D eigenvalue weighted by atomic mass is 16.5. The molecule has 0 saturated carbocycles. The van der Waals surface area contributed by atoms with Crippen LogP contribution in [0.2, 0.25) is 0 Å². The molecular weight excluding hydrogens is 230 g/mol. The quantitative estimate of drug-likeness (QED) is 0.810. The number of hydrogen-bond acceptors (Lipinski definition) is 4. The Morgan fingerprint density at radius 1 is 1.39 bits per heavy atom. The number of carbonyl (C=O) groups excluding carboxylic acids is 1. The first-order valence-corrected chi connectivity index (χ1v) is 6.02. The van der Waals surface area contributed by atoms with E-state index in [4.69, 9.17) is 15.2 Å². The first-order chi connectivity index (χ1) is 8.45. The third-order valence-corrected chi connectivity index (χ3v) is 2.69. The van der Waals surface area contributed by atoms with E-state index >= 15 is 0 Å². The largest absolute Gasteiger partial charge is 0.496 e. The minimum atomic E-state index is -0.578. The van der Waals surface area contributed by atoms with Gasteiger partial charge in [0.25, 0.3) is 0 Å². The van der Waals surface area contributed by atoms with Gasteiger partial charge in [-0.25, -0.2) is 0 Å². The molecule has 1 aromatic carbocycles. The Bertz CT molecular complexity index is 427. The molecule has 4 heteroatoms.